The van der Waals surface area contributed by atoms with Crippen LogP contribution in [0.3, 0.4) is 0 Å². The van der Waals surface area contributed by atoms with Gasteiger partial charge >= 0.3 is 18.2 Å². The zero-order valence-electron chi connectivity index (χ0n) is 20.4. The number of unbranched alkanes of at least 4 members (excludes halogenated alkanes) is 1. The Morgan fingerprint density at radius 2 is 1.94 bits per heavy atom. The highest BCUT2D eigenvalue weighted by molar-refractivity contribution is 5.97. The molecule has 194 valence electrons. The Bertz CT molecular complexity index is 974. The minimum absolute atomic E-state index is 0.156. The maximum absolute atomic E-state index is 13.1. The number of carbonyl (C=O) groups is 3. The van der Waals surface area contributed by atoms with Gasteiger partial charge < -0.3 is 25.0 Å². The van der Waals surface area contributed by atoms with E-state index in [1.54, 1.807) is 32.6 Å². The smallest absolute Gasteiger partial charge is 0.471 e. The monoisotopic (exact) mass is 499 g/mol. The number of hydrogen-bond acceptors (Lipinski definition) is 5. The molecule has 1 aliphatic heterocycles. The van der Waals surface area contributed by atoms with Crippen LogP contribution in [0, 0.1) is 0 Å². The molecule has 11 heteroatoms. The summed E-state index contributed by atoms with van der Waals surface area (Å²) in [5.74, 6) is -1.65. The lowest BCUT2D eigenvalue weighted by molar-refractivity contribution is -0.173. The third-order valence-electron chi connectivity index (χ3n) is 5.83. The summed E-state index contributed by atoms with van der Waals surface area (Å²) in [6.45, 7) is 7.02. The zero-order chi connectivity index (χ0) is 26.0. The van der Waals surface area contributed by atoms with Gasteiger partial charge in [0.2, 0.25) is 0 Å². The minimum atomic E-state index is -4.93. The van der Waals surface area contributed by atoms with E-state index in [2.05, 4.69) is 5.32 Å². The van der Waals surface area contributed by atoms with Crippen LogP contribution in [-0.4, -0.2) is 53.8 Å². The largest absolute Gasteiger partial charge is 0.479 e. The predicted molar refractivity (Wildman–Crippen MR) is 122 cm³/mol. The molecule has 2 N–H and O–H groups in total. The van der Waals surface area contributed by atoms with Crippen molar-refractivity contribution in [3.8, 4) is 5.75 Å². The molecule has 1 aliphatic carbocycles. The third kappa shape index (κ3) is 6.79. The summed E-state index contributed by atoms with van der Waals surface area (Å²) in [4.78, 5) is 37.8. The second-order valence-electron chi connectivity index (χ2n) is 9.84. The van der Waals surface area contributed by atoms with Gasteiger partial charge in [-0.2, -0.15) is 13.2 Å². The first-order chi connectivity index (χ1) is 16.3. The summed E-state index contributed by atoms with van der Waals surface area (Å²) in [6, 6.07) is 3.39. The van der Waals surface area contributed by atoms with E-state index in [1.807, 2.05) is 17.4 Å². The molecule has 1 aromatic rings. The molecule has 2 unspecified atom stereocenters. The number of amides is 3. The van der Waals surface area contributed by atoms with Crippen molar-refractivity contribution in [2.75, 3.05) is 18.4 Å². The quantitative estimate of drug-likeness (QED) is 0.563. The molecule has 0 saturated heterocycles. The van der Waals surface area contributed by atoms with Gasteiger partial charge in [0.1, 0.15) is 11.4 Å². The Hall–Kier alpha value is -2.98. The highest BCUT2D eigenvalue weighted by atomic mass is 19.4. The van der Waals surface area contributed by atoms with Crippen LogP contribution in [0.15, 0.2) is 12.1 Å². The summed E-state index contributed by atoms with van der Waals surface area (Å²) in [7, 11) is 0. The van der Waals surface area contributed by atoms with Crippen LogP contribution in [0.1, 0.15) is 70.5 Å². The topological polar surface area (TPSA) is 97.0 Å². The lowest BCUT2D eigenvalue weighted by atomic mass is 9.86. The third-order valence-corrected chi connectivity index (χ3v) is 5.83. The molecule has 0 radical (unpaired) electrons. The van der Waals surface area contributed by atoms with E-state index in [0.29, 0.717) is 24.3 Å². The van der Waals surface area contributed by atoms with Crippen LogP contribution >= 0.6 is 0 Å². The molecule has 3 rings (SSSR count). The fourth-order valence-corrected chi connectivity index (χ4v) is 4.21. The second-order valence-corrected chi connectivity index (χ2v) is 9.84. The van der Waals surface area contributed by atoms with E-state index in [0.717, 1.165) is 24.0 Å². The number of rotatable bonds is 6. The van der Waals surface area contributed by atoms with Gasteiger partial charge in [0.05, 0.1) is 11.7 Å². The maximum atomic E-state index is 13.1. The van der Waals surface area contributed by atoms with Crippen LogP contribution in [0.4, 0.5) is 23.7 Å². The van der Waals surface area contributed by atoms with E-state index in [9.17, 15) is 27.6 Å². The Labute approximate surface area is 202 Å². The normalized spacial score (nSPS) is 19.6. The van der Waals surface area contributed by atoms with Crippen molar-refractivity contribution >= 4 is 23.6 Å². The molecule has 2 atom stereocenters. The van der Waals surface area contributed by atoms with Crippen molar-refractivity contribution in [2.45, 2.75) is 83.7 Å². The average molecular weight is 500 g/mol. The Morgan fingerprint density at radius 3 is 2.60 bits per heavy atom. The first-order valence-corrected chi connectivity index (χ1v) is 11.8. The van der Waals surface area contributed by atoms with E-state index in [4.69, 9.17) is 9.47 Å². The fraction of sp³-hybridized carbons (Fsp3) is 0.625. The molecule has 0 aromatic heterocycles. The molecule has 0 bridgehead atoms. The summed E-state index contributed by atoms with van der Waals surface area (Å²) < 4.78 is 48.5. The standard InChI is InChI=1S/C24H32F3N3O5/c1-14-20(31)29-17-13-16-15(12-19(17)34-14)8-7-9-18(16)30(22(33)35-23(2,3)4)11-6-5-10-28-21(32)24(25,26)27/h12-14,18H,5-11H2,1-4H3,(H,28,32)(H,29,31). The van der Waals surface area contributed by atoms with Gasteiger partial charge in [-0.1, -0.05) is 0 Å². The summed E-state index contributed by atoms with van der Waals surface area (Å²) in [5, 5.41) is 4.69. The zero-order valence-corrected chi connectivity index (χ0v) is 20.4. The molecular formula is C24H32F3N3O5. The van der Waals surface area contributed by atoms with Gasteiger partial charge in [-0.15, -0.1) is 0 Å². The van der Waals surface area contributed by atoms with Crippen molar-refractivity contribution < 1.29 is 37.0 Å². The van der Waals surface area contributed by atoms with Gasteiger partial charge in [0.15, 0.2) is 6.10 Å². The van der Waals surface area contributed by atoms with Crippen LogP contribution in [0.2, 0.25) is 0 Å². The summed E-state index contributed by atoms with van der Waals surface area (Å²) in [6.07, 6.45) is -3.16. The van der Waals surface area contributed by atoms with Crippen molar-refractivity contribution in [3.05, 3.63) is 23.3 Å². The van der Waals surface area contributed by atoms with E-state index in [1.165, 1.54) is 0 Å². The van der Waals surface area contributed by atoms with Gasteiger partial charge in [-0.3, -0.25) is 9.59 Å². The number of aryl methyl sites for hydroxylation is 1. The number of halogens is 3. The lowest BCUT2D eigenvalue weighted by Gasteiger charge is -2.38. The number of nitrogens with one attached hydrogen (secondary N) is 2. The van der Waals surface area contributed by atoms with E-state index >= 15 is 0 Å². The molecule has 0 spiro atoms. The SMILES string of the molecule is CC1Oc2cc3c(cc2NC1=O)C(N(CCCCNC(=O)C(F)(F)F)C(=O)OC(C)(C)C)CCC3. The molecule has 8 nitrogen and oxygen atoms in total. The number of ether oxygens (including phenoxy) is 2. The van der Waals surface area contributed by atoms with Crippen molar-refractivity contribution in [3.63, 3.8) is 0 Å². The fourth-order valence-electron chi connectivity index (χ4n) is 4.21. The number of fused-ring (bicyclic) bond motifs is 2. The maximum Gasteiger partial charge on any atom is 0.471 e. The minimum Gasteiger partial charge on any atom is -0.479 e. The predicted octanol–water partition coefficient (Wildman–Crippen LogP) is 4.48. The molecular weight excluding hydrogens is 467 g/mol. The molecule has 35 heavy (non-hydrogen) atoms. The van der Waals surface area contributed by atoms with Gasteiger partial charge in [0.25, 0.3) is 5.91 Å². The highest BCUT2D eigenvalue weighted by Crippen LogP contribution is 2.41. The molecule has 3 amide bonds. The number of carbonyl (C=O) groups excluding carboxylic acids is 3. The Balaban J connectivity index is 1.78. The molecule has 1 heterocycles. The Kier molecular flexibility index (Phi) is 7.86. The number of nitrogens with zero attached hydrogens (tertiary/aromatic N) is 1. The van der Waals surface area contributed by atoms with Crippen LogP contribution in [0.25, 0.3) is 0 Å². The van der Waals surface area contributed by atoms with Crippen molar-refractivity contribution in [1.82, 2.24) is 10.2 Å². The van der Waals surface area contributed by atoms with Crippen LogP contribution in [-0.2, 0) is 20.7 Å². The molecule has 2 aliphatic rings. The molecule has 0 saturated carbocycles. The number of alkyl halides is 3. The van der Waals surface area contributed by atoms with Gasteiger partial charge in [-0.25, -0.2) is 4.79 Å². The Morgan fingerprint density at radius 1 is 1.23 bits per heavy atom. The lowest BCUT2D eigenvalue weighted by Crippen LogP contribution is -2.41. The summed E-state index contributed by atoms with van der Waals surface area (Å²) in [5.41, 5.74) is 1.69. The summed E-state index contributed by atoms with van der Waals surface area (Å²) >= 11 is 0. The van der Waals surface area contributed by atoms with Crippen LogP contribution < -0.4 is 15.4 Å². The van der Waals surface area contributed by atoms with Gasteiger partial charge in [0, 0.05) is 13.1 Å². The number of benzene rings is 1. The molecule has 1 aromatic carbocycles. The van der Waals surface area contributed by atoms with Crippen LogP contribution in [0.5, 0.6) is 5.75 Å². The first kappa shape index (κ1) is 26.6. The second kappa shape index (κ2) is 10.3. The van der Waals surface area contributed by atoms with Crippen molar-refractivity contribution in [1.29, 1.82) is 0 Å². The average Bonchev–Trinajstić information content (AvgIpc) is 2.73. The number of hydrogen-bond donors (Lipinski definition) is 2. The van der Waals surface area contributed by atoms with Crippen molar-refractivity contribution in [2.24, 2.45) is 0 Å². The van der Waals surface area contributed by atoms with E-state index in [-0.39, 0.29) is 31.5 Å². The highest BCUT2D eigenvalue weighted by Gasteiger charge is 2.38. The van der Waals surface area contributed by atoms with E-state index < -0.39 is 29.9 Å². The van der Waals surface area contributed by atoms with Gasteiger partial charge in [-0.05, 0) is 83.1 Å². The number of anilines is 1. The first-order valence-electron chi connectivity index (χ1n) is 11.8. The molecule has 0 fully saturated rings.